The van der Waals surface area contributed by atoms with E-state index in [9.17, 15) is 4.79 Å². The minimum absolute atomic E-state index is 0.139. The quantitative estimate of drug-likeness (QED) is 0.780. The number of alkyl halides is 1. The average molecular weight is 352 g/mol. The Morgan fingerprint density at radius 2 is 2.33 bits per heavy atom. The second-order valence-corrected chi connectivity index (χ2v) is 7.77. The molecule has 0 radical (unpaired) electrons. The lowest BCUT2D eigenvalue weighted by Gasteiger charge is -2.25. The fourth-order valence-electron chi connectivity index (χ4n) is 3.40. The first-order chi connectivity index (χ1) is 10.1. The zero-order chi connectivity index (χ0) is 15.0. The molecule has 3 unspecified atom stereocenters. The Bertz CT molecular complexity index is 538. The highest BCUT2D eigenvalue weighted by Gasteiger charge is 2.36. The highest BCUT2D eigenvalue weighted by atomic mass is 79.9. The number of carbonyl (C=O) groups is 1. The molecule has 3 atom stereocenters. The van der Waals surface area contributed by atoms with Crippen molar-refractivity contribution in [1.82, 2.24) is 0 Å². The van der Waals surface area contributed by atoms with Gasteiger partial charge in [-0.2, -0.15) is 0 Å². The van der Waals surface area contributed by atoms with Gasteiger partial charge in [0, 0.05) is 23.2 Å². The minimum atomic E-state index is -0.236. The third kappa shape index (κ3) is 3.02. The molecule has 1 aromatic rings. The van der Waals surface area contributed by atoms with Crippen molar-refractivity contribution in [3.63, 3.8) is 0 Å². The molecular weight excluding hydrogens is 330 g/mol. The lowest BCUT2D eigenvalue weighted by atomic mass is 10.0. The molecule has 1 fully saturated rings. The van der Waals surface area contributed by atoms with Crippen LogP contribution in [0.25, 0.3) is 0 Å². The zero-order valence-corrected chi connectivity index (χ0v) is 14.2. The Labute approximate surface area is 134 Å². The Kier molecular flexibility index (Phi) is 4.36. The number of hydrogen-bond acceptors (Lipinski definition) is 2. The Morgan fingerprint density at radius 1 is 1.52 bits per heavy atom. The van der Waals surface area contributed by atoms with Gasteiger partial charge in [0.1, 0.15) is 6.10 Å². The van der Waals surface area contributed by atoms with E-state index < -0.39 is 0 Å². The highest BCUT2D eigenvalue weighted by Crippen LogP contribution is 2.35. The average Bonchev–Trinajstić information content (AvgIpc) is 3.03. The second-order valence-electron chi connectivity index (χ2n) is 6.21. The van der Waals surface area contributed by atoms with Crippen LogP contribution in [0.5, 0.6) is 0 Å². The lowest BCUT2D eigenvalue weighted by Crippen LogP contribution is -2.42. The van der Waals surface area contributed by atoms with E-state index in [1.54, 1.807) is 0 Å². The van der Waals surface area contributed by atoms with Crippen LogP contribution in [0.4, 0.5) is 5.69 Å². The molecule has 3 rings (SSSR count). The standard InChI is InChI=1S/C17H22BrNO2/c1-11(18)8-13-5-6-15-14(10-13)9-12(2)19(15)17(20)16-4-3-7-21-16/h5-6,10-12,16H,3-4,7-9H2,1-2H3. The molecule has 0 aliphatic carbocycles. The topological polar surface area (TPSA) is 29.5 Å². The summed E-state index contributed by atoms with van der Waals surface area (Å²) in [4.78, 5) is 15.1. The van der Waals surface area contributed by atoms with Crippen molar-refractivity contribution in [2.75, 3.05) is 11.5 Å². The Hall–Kier alpha value is -0.870. The predicted octanol–water partition coefficient (Wildman–Crippen LogP) is 3.47. The first kappa shape index (κ1) is 15.0. The summed E-state index contributed by atoms with van der Waals surface area (Å²) in [5, 5.41) is 0. The maximum absolute atomic E-state index is 12.7. The molecule has 114 valence electrons. The first-order valence-corrected chi connectivity index (χ1v) is 8.68. The molecule has 2 aliphatic heterocycles. The molecule has 2 aliphatic rings. The number of hydrogen-bond donors (Lipinski definition) is 0. The van der Waals surface area contributed by atoms with Crippen LogP contribution >= 0.6 is 15.9 Å². The molecule has 21 heavy (non-hydrogen) atoms. The number of amides is 1. The fraction of sp³-hybridized carbons (Fsp3) is 0.588. The number of halogens is 1. The Balaban J connectivity index is 1.84. The van der Waals surface area contributed by atoms with E-state index in [0.717, 1.165) is 31.4 Å². The monoisotopic (exact) mass is 351 g/mol. The summed E-state index contributed by atoms with van der Waals surface area (Å²) in [6.07, 6.45) is 3.57. The molecule has 0 aromatic heterocycles. The van der Waals surface area contributed by atoms with Crippen molar-refractivity contribution < 1.29 is 9.53 Å². The smallest absolute Gasteiger partial charge is 0.256 e. The number of benzene rings is 1. The van der Waals surface area contributed by atoms with Gasteiger partial charge in [-0.3, -0.25) is 4.79 Å². The lowest BCUT2D eigenvalue weighted by molar-refractivity contribution is -0.127. The van der Waals surface area contributed by atoms with Crippen LogP contribution in [0.15, 0.2) is 18.2 Å². The van der Waals surface area contributed by atoms with E-state index in [4.69, 9.17) is 4.74 Å². The molecule has 0 spiro atoms. The SMILES string of the molecule is CC(Br)Cc1ccc2c(c1)CC(C)N2C(=O)C1CCCO1. The van der Waals surface area contributed by atoms with Crippen LogP contribution < -0.4 is 4.90 Å². The summed E-state index contributed by atoms with van der Waals surface area (Å²) in [6, 6.07) is 6.74. The maximum atomic E-state index is 12.7. The number of fused-ring (bicyclic) bond motifs is 1. The van der Waals surface area contributed by atoms with Crippen LogP contribution in [0.3, 0.4) is 0 Å². The molecule has 3 nitrogen and oxygen atoms in total. The molecule has 0 bridgehead atoms. The molecule has 1 amide bonds. The van der Waals surface area contributed by atoms with Crippen molar-refractivity contribution in [2.24, 2.45) is 0 Å². The van der Waals surface area contributed by atoms with Gasteiger partial charge in [0.15, 0.2) is 0 Å². The number of carbonyl (C=O) groups excluding carboxylic acids is 1. The summed E-state index contributed by atoms with van der Waals surface area (Å²) in [5.74, 6) is 0.139. The number of anilines is 1. The molecule has 0 N–H and O–H groups in total. The van der Waals surface area contributed by atoms with Crippen molar-refractivity contribution in [1.29, 1.82) is 0 Å². The largest absolute Gasteiger partial charge is 0.368 e. The predicted molar refractivity (Wildman–Crippen MR) is 88.2 cm³/mol. The van der Waals surface area contributed by atoms with E-state index in [-0.39, 0.29) is 18.1 Å². The third-order valence-electron chi connectivity index (χ3n) is 4.32. The van der Waals surface area contributed by atoms with Crippen LogP contribution in [0, 0.1) is 0 Å². The normalized spacial score (nSPS) is 26.0. The van der Waals surface area contributed by atoms with Gasteiger partial charge >= 0.3 is 0 Å². The van der Waals surface area contributed by atoms with Gasteiger partial charge < -0.3 is 9.64 Å². The van der Waals surface area contributed by atoms with E-state index in [2.05, 4.69) is 48.0 Å². The molecule has 4 heteroatoms. The molecule has 0 saturated carbocycles. The van der Waals surface area contributed by atoms with Gasteiger partial charge in [-0.1, -0.05) is 35.0 Å². The van der Waals surface area contributed by atoms with Crippen LogP contribution in [-0.4, -0.2) is 29.5 Å². The van der Waals surface area contributed by atoms with Crippen molar-refractivity contribution >= 4 is 27.5 Å². The minimum Gasteiger partial charge on any atom is -0.368 e. The first-order valence-electron chi connectivity index (χ1n) is 7.77. The summed E-state index contributed by atoms with van der Waals surface area (Å²) in [5.41, 5.74) is 3.70. The molecular formula is C17H22BrNO2. The molecule has 1 aromatic carbocycles. The van der Waals surface area contributed by atoms with E-state index in [1.165, 1.54) is 11.1 Å². The van der Waals surface area contributed by atoms with Crippen LogP contribution in [0.2, 0.25) is 0 Å². The summed E-state index contributed by atoms with van der Waals surface area (Å²) < 4.78 is 5.57. The van der Waals surface area contributed by atoms with E-state index in [1.807, 2.05) is 4.90 Å². The highest BCUT2D eigenvalue weighted by molar-refractivity contribution is 9.09. The Morgan fingerprint density at radius 3 is 3.00 bits per heavy atom. The third-order valence-corrected chi connectivity index (χ3v) is 4.64. The van der Waals surface area contributed by atoms with Crippen LogP contribution in [-0.2, 0) is 22.4 Å². The van der Waals surface area contributed by atoms with Gasteiger partial charge in [-0.25, -0.2) is 0 Å². The van der Waals surface area contributed by atoms with Gasteiger partial charge in [-0.05, 0) is 49.8 Å². The van der Waals surface area contributed by atoms with Crippen molar-refractivity contribution in [3.05, 3.63) is 29.3 Å². The van der Waals surface area contributed by atoms with Gasteiger partial charge in [-0.15, -0.1) is 0 Å². The van der Waals surface area contributed by atoms with E-state index in [0.29, 0.717) is 11.4 Å². The summed E-state index contributed by atoms with van der Waals surface area (Å²) >= 11 is 3.60. The van der Waals surface area contributed by atoms with Gasteiger partial charge in [0.25, 0.3) is 5.91 Å². The molecule has 1 saturated heterocycles. The van der Waals surface area contributed by atoms with Gasteiger partial charge in [0.05, 0.1) is 0 Å². The summed E-state index contributed by atoms with van der Waals surface area (Å²) in [6.45, 7) is 5.00. The number of ether oxygens (including phenoxy) is 1. The second kappa shape index (κ2) is 6.09. The fourth-order valence-corrected chi connectivity index (χ4v) is 3.77. The van der Waals surface area contributed by atoms with E-state index >= 15 is 0 Å². The van der Waals surface area contributed by atoms with Gasteiger partial charge in [0.2, 0.25) is 0 Å². The zero-order valence-electron chi connectivity index (χ0n) is 12.6. The number of nitrogens with zero attached hydrogens (tertiary/aromatic N) is 1. The summed E-state index contributed by atoms with van der Waals surface area (Å²) in [7, 11) is 0. The molecule has 2 heterocycles. The van der Waals surface area contributed by atoms with Crippen molar-refractivity contribution in [3.8, 4) is 0 Å². The maximum Gasteiger partial charge on any atom is 0.256 e. The van der Waals surface area contributed by atoms with Crippen molar-refractivity contribution in [2.45, 2.75) is 56.5 Å². The van der Waals surface area contributed by atoms with Crippen LogP contribution in [0.1, 0.15) is 37.8 Å². The number of rotatable bonds is 3.